The number of hydrogen-bond donors (Lipinski definition) is 1. The Morgan fingerprint density at radius 3 is 2.29 bits per heavy atom. The van der Waals surface area contributed by atoms with Gasteiger partial charge in [-0.05, 0) is 48.5 Å². The minimum atomic E-state index is -0.716. The number of rotatable bonds is 8. The second-order valence-electron chi connectivity index (χ2n) is 6.21. The molecule has 9 heteroatoms. The number of nitrogens with zero attached hydrogens (tertiary/aromatic N) is 1. The number of nitrogens with one attached hydrogen (secondary N) is 1. The smallest absolute Gasteiger partial charge is 0.338 e. The Morgan fingerprint density at radius 2 is 1.65 bits per heavy atom. The van der Waals surface area contributed by atoms with Gasteiger partial charge in [0.1, 0.15) is 11.5 Å². The van der Waals surface area contributed by atoms with Crippen molar-refractivity contribution >= 4 is 23.3 Å². The predicted molar refractivity (Wildman–Crippen MR) is 112 cm³/mol. The number of ether oxygens (including phenoxy) is 3. The van der Waals surface area contributed by atoms with Gasteiger partial charge >= 0.3 is 11.7 Å². The molecule has 0 saturated heterocycles. The van der Waals surface area contributed by atoms with Crippen LogP contribution in [0.4, 0.5) is 11.4 Å². The van der Waals surface area contributed by atoms with Gasteiger partial charge in [-0.3, -0.25) is 14.9 Å². The van der Waals surface area contributed by atoms with Crippen LogP contribution in [0.1, 0.15) is 10.4 Å². The summed E-state index contributed by atoms with van der Waals surface area (Å²) in [6.07, 6.45) is 0. The van der Waals surface area contributed by atoms with Crippen LogP contribution in [0.5, 0.6) is 17.2 Å². The monoisotopic (exact) mass is 422 g/mol. The number of anilines is 1. The van der Waals surface area contributed by atoms with Crippen LogP contribution in [0.25, 0.3) is 0 Å². The highest BCUT2D eigenvalue weighted by molar-refractivity contribution is 5.92. The first-order valence-corrected chi connectivity index (χ1v) is 9.08. The van der Waals surface area contributed by atoms with Crippen LogP contribution >= 0.6 is 0 Å². The SMILES string of the molecule is COC(=O)c1ccc(OCC(=O)Nc2ccc(Oc3ccccc3)cc2)c([N+](=O)[O-])c1. The molecule has 3 aromatic rings. The minimum absolute atomic E-state index is 0.00353. The van der Waals surface area contributed by atoms with E-state index in [0.717, 1.165) is 6.07 Å². The molecular weight excluding hydrogens is 404 g/mol. The molecule has 0 spiro atoms. The summed E-state index contributed by atoms with van der Waals surface area (Å²) in [7, 11) is 1.17. The maximum atomic E-state index is 12.2. The fraction of sp³-hybridized carbons (Fsp3) is 0.0909. The third kappa shape index (κ3) is 5.80. The Hall–Kier alpha value is -4.40. The average Bonchev–Trinajstić information content (AvgIpc) is 2.79. The van der Waals surface area contributed by atoms with E-state index in [9.17, 15) is 19.7 Å². The number of carbonyl (C=O) groups excluding carboxylic acids is 2. The normalized spacial score (nSPS) is 10.1. The number of carbonyl (C=O) groups is 2. The van der Waals surface area contributed by atoms with Crippen molar-refractivity contribution in [1.29, 1.82) is 0 Å². The summed E-state index contributed by atoms with van der Waals surface area (Å²) >= 11 is 0. The van der Waals surface area contributed by atoms with Crippen molar-refractivity contribution < 1.29 is 28.7 Å². The average molecular weight is 422 g/mol. The molecule has 3 aromatic carbocycles. The minimum Gasteiger partial charge on any atom is -0.477 e. The fourth-order valence-corrected chi connectivity index (χ4v) is 2.60. The van der Waals surface area contributed by atoms with Crippen molar-refractivity contribution in [2.24, 2.45) is 0 Å². The summed E-state index contributed by atoms with van der Waals surface area (Å²) in [6.45, 7) is -0.458. The molecule has 0 heterocycles. The first-order valence-electron chi connectivity index (χ1n) is 9.08. The summed E-state index contributed by atoms with van der Waals surface area (Å²) in [4.78, 5) is 34.2. The lowest BCUT2D eigenvalue weighted by Crippen LogP contribution is -2.20. The highest BCUT2D eigenvalue weighted by atomic mass is 16.6. The van der Waals surface area contributed by atoms with Gasteiger partial charge in [-0.2, -0.15) is 0 Å². The van der Waals surface area contributed by atoms with Gasteiger partial charge in [0.2, 0.25) is 0 Å². The van der Waals surface area contributed by atoms with Crippen molar-refractivity contribution in [1.82, 2.24) is 0 Å². The van der Waals surface area contributed by atoms with Gasteiger partial charge in [0.15, 0.2) is 12.4 Å². The lowest BCUT2D eigenvalue weighted by Gasteiger charge is -2.10. The standard InChI is InChI=1S/C22H18N2O7/c1-29-22(26)15-7-12-20(19(13-15)24(27)28)30-14-21(25)23-16-8-10-18(11-9-16)31-17-5-3-2-4-6-17/h2-13H,14H2,1H3,(H,23,25). The van der Waals surface area contributed by atoms with E-state index in [4.69, 9.17) is 9.47 Å². The van der Waals surface area contributed by atoms with Crippen LogP contribution in [0.2, 0.25) is 0 Å². The third-order valence-electron chi connectivity index (χ3n) is 4.05. The molecule has 1 N–H and O–H groups in total. The topological polar surface area (TPSA) is 117 Å². The highest BCUT2D eigenvalue weighted by Gasteiger charge is 2.20. The van der Waals surface area contributed by atoms with Gasteiger partial charge in [0.05, 0.1) is 17.6 Å². The molecule has 1 amide bonds. The van der Waals surface area contributed by atoms with E-state index in [2.05, 4.69) is 10.1 Å². The second kappa shape index (κ2) is 9.88. The summed E-state index contributed by atoms with van der Waals surface area (Å²) in [5, 5.41) is 13.9. The molecule has 0 saturated carbocycles. The van der Waals surface area contributed by atoms with Gasteiger partial charge in [0.25, 0.3) is 5.91 Å². The van der Waals surface area contributed by atoms with Crippen LogP contribution in [-0.2, 0) is 9.53 Å². The second-order valence-corrected chi connectivity index (χ2v) is 6.21. The molecule has 31 heavy (non-hydrogen) atoms. The molecule has 0 radical (unpaired) electrons. The largest absolute Gasteiger partial charge is 0.477 e. The van der Waals surface area contributed by atoms with Crippen molar-refractivity contribution in [2.45, 2.75) is 0 Å². The molecular formula is C22H18N2O7. The first kappa shape index (κ1) is 21.3. The van der Waals surface area contributed by atoms with Crippen molar-refractivity contribution in [3.63, 3.8) is 0 Å². The predicted octanol–water partition coefficient (Wildman–Crippen LogP) is 4.19. The van der Waals surface area contributed by atoms with Gasteiger partial charge in [-0.1, -0.05) is 18.2 Å². The Labute approximate surface area is 177 Å². The molecule has 0 bridgehead atoms. The van der Waals surface area contributed by atoms with E-state index in [1.807, 2.05) is 30.3 Å². The van der Waals surface area contributed by atoms with Crippen LogP contribution < -0.4 is 14.8 Å². The Bertz CT molecular complexity index is 1080. The number of nitro benzene ring substituents is 1. The maximum absolute atomic E-state index is 12.2. The first-order chi connectivity index (χ1) is 15.0. The van der Waals surface area contributed by atoms with Crippen molar-refractivity contribution in [2.75, 3.05) is 19.0 Å². The van der Waals surface area contributed by atoms with Gasteiger partial charge in [-0.25, -0.2) is 4.79 Å². The zero-order chi connectivity index (χ0) is 22.2. The molecule has 0 aromatic heterocycles. The fourth-order valence-electron chi connectivity index (χ4n) is 2.60. The Kier molecular flexibility index (Phi) is 6.79. The number of amides is 1. The lowest BCUT2D eigenvalue weighted by molar-refractivity contribution is -0.385. The molecule has 0 unspecified atom stereocenters. The molecule has 3 rings (SSSR count). The molecule has 9 nitrogen and oxygen atoms in total. The summed E-state index contributed by atoms with van der Waals surface area (Å²) in [6, 6.07) is 19.5. The molecule has 158 valence electrons. The zero-order valence-corrected chi connectivity index (χ0v) is 16.4. The quantitative estimate of drug-likeness (QED) is 0.329. The van der Waals surface area contributed by atoms with Gasteiger partial charge in [-0.15, -0.1) is 0 Å². The maximum Gasteiger partial charge on any atom is 0.338 e. The van der Waals surface area contributed by atoms with Gasteiger partial charge in [0, 0.05) is 11.8 Å². The number of benzene rings is 3. The van der Waals surface area contributed by atoms with Crippen molar-refractivity contribution in [3.05, 3.63) is 88.5 Å². The summed E-state index contributed by atoms with van der Waals surface area (Å²) in [5.74, 6) is -0.0798. The molecule has 0 fully saturated rings. The number of esters is 1. The lowest BCUT2D eigenvalue weighted by atomic mass is 10.2. The Balaban J connectivity index is 1.58. The van der Waals surface area contributed by atoms with E-state index >= 15 is 0 Å². The zero-order valence-electron chi connectivity index (χ0n) is 16.4. The molecule has 0 aliphatic rings. The van der Waals surface area contributed by atoms with E-state index < -0.39 is 29.1 Å². The highest BCUT2D eigenvalue weighted by Crippen LogP contribution is 2.28. The van der Waals surface area contributed by atoms with Crippen LogP contribution in [0, 0.1) is 10.1 Å². The van der Waals surface area contributed by atoms with E-state index in [1.54, 1.807) is 24.3 Å². The number of nitro groups is 1. The Morgan fingerprint density at radius 1 is 0.968 bits per heavy atom. The van der Waals surface area contributed by atoms with Gasteiger partial charge < -0.3 is 19.5 Å². The van der Waals surface area contributed by atoms with E-state index in [-0.39, 0.29) is 11.3 Å². The molecule has 0 atom stereocenters. The summed E-state index contributed by atoms with van der Waals surface area (Å²) < 4.78 is 15.5. The number of para-hydroxylation sites is 1. The van der Waals surface area contributed by atoms with Crippen molar-refractivity contribution in [3.8, 4) is 17.2 Å². The number of hydrogen-bond acceptors (Lipinski definition) is 7. The van der Waals surface area contributed by atoms with Crippen LogP contribution in [0.15, 0.2) is 72.8 Å². The van der Waals surface area contributed by atoms with Crippen LogP contribution in [0.3, 0.4) is 0 Å². The van der Waals surface area contributed by atoms with E-state index in [0.29, 0.717) is 17.2 Å². The van der Waals surface area contributed by atoms with Crippen LogP contribution in [-0.4, -0.2) is 30.5 Å². The molecule has 0 aliphatic heterocycles. The molecule has 0 aliphatic carbocycles. The van der Waals surface area contributed by atoms with E-state index in [1.165, 1.54) is 19.2 Å². The number of methoxy groups -OCH3 is 1. The third-order valence-corrected chi connectivity index (χ3v) is 4.05. The summed E-state index contributed by atoms with van der Waals surface area (Å²) in [5.41, 5.74) is 0.0616.